The molecule has 3 aromatic heterocycles. The minimum atomic E-state index is -0.125. The fourth-order valence-corrected chi connectivity index (χ4v) is 5.77. The van der Waals surface area contributed by atoms with Gasteiger partial charge in [0, 0.05) is 41.8 Å². The van der Waals surface area contributed by atoms with Gasteiger partial charge in [0.05, 0.1) is 11.3 Å². The monoisotopic (exact) mass is 697 g/mol. The number of thiophene rings is 1. The van der Waals surface area contributed by atoms with Gasteiger partial charge >= 0.3 is 0 Å². The summed E-state index contributed by atoms with van der Waals surface area (Å²) >= 11 is 1.74. The average molecular weight is 697 g/mol. The number of para-hydroxylation sites is 1. The molecule has 0 aliphatic rings. The molecule has 6 aromatic rings. The molecule has 193 valence electrons. The number of benzene rings is 3. The number of pyridine rings is 1. The number of ketones is 1. The van der Waals surface area contributed by atoms with Crippen molar-refractivity contribution in [3.63, 3.8) is 0 Å². The summed E-state index contributed by atoms with van der Waals surface area (Å²) in [5.41, 5.74) is 7.44. The zero-order valence-corrected chi connectivity index (χ0v) is 24.7. The smallest absolute Gasteiger partial charge is 0.155 e. The van der Waals surface area contributed by atoms with Crippen LogP contribution in [0.4, 0.5) is 0 Å². The van der Waals surface area contributed by atoms with E-state index in [1.54, 1.807) is 11.3 Å². The number of hydrogen-bond donors (Lipinski definition) is 1. The molecule has 1 radical (unpaired) electrons. The Hall–Kier alpha value is -3.57. The molecule has 4 nitrogen and oxygen atoms in total. The van der Waals surface area contributed by atoms with Gasteiger partial charge in [-0.05, 0) is 62.2 Å². The van der Waals surface area contributed by atoms with Crippen LogP contribution in [0.5, 0.6) is 0 Å². The summed E-state index contributed by atoms with van der Waals surface area (Å²) in [6.07, 6.45) is 1.17. The Morgan fingerprint density at radius 1 is 0.974 bits per heavy atom. The Morgan fingerprint density at radius 3 is 2.39 bits per heavy atom. The number of fused-ring (bicyclic) bond motifs is 4. The van der Waals surface area contributed by atoms with Gasteiger partial charge in [-0.3, -0.25) is 9.78 Å². The number of aryl methyl sites for hydroxylation is 2. The number of carbonyl (C=O) groups excluding carboxylic acids is 1. The van der Waals surface area contributed by atoms with E-state index in [0.29, 0.717) is 0 Å². The molecule has 0 unspecified atom stereocenters. The largest absolute Gasteiger partial charge is 0.512 e. The molecule has 6 heteroatoms. The van der Waals surface area contributed by atoms with E-state index in [1.165, 1.54) is 41.5 Å². The molecule has 1 N–H and O–H groups in total. The minimum absolute atomic E-state index is 0. The van der Waals surface area contributed by atoms with Crippen molar-refractivity contribution in [3.8, 4) is 21.7 Å². The van der Waals surface area contributed by atoms with Gasteiger partial charge in [-0.2, -0.15) is 0 Å². The molecule has 0 bridgehead atoms. The number of furan rings is 1. The van der Waals surface area contributed by atoms with Crippen LogP contribution in [-0.4, -0.2) is 15.9 Å². The molecular weight excluding hydrogens is 671 g/mol. The van der Waals surface area contributed by atoms with Gasteiger partial charge < -0.3 is 9.52 Å². The normalized spacial score (nSPS) is 11.3. The standard InChI is InChI=1S/C27H18NOS.C5H8O2.Ir/c1-16-7-5-8-17(2)25(16)24-15-18-13-14-22(28-27(18)30-24)21-11-6-10-20-19-9-3-4-12-23(19)29-26(20)21;1-4(6)3-5(2)7;/h3-10,12-15H,1-2H3;3,6H,1-2H3;/q-1;;/b;4-3-;. The van der Waals surface area contributed by atoms with Gasteiger partial charge in [0.15, 0.2) is 5.78 Å². The molecule has 0 aliphatic carbocycles. The van der Waals surface area contributed by atoms with Gasteiger partial charge in [0.25, 0.3) is 0 Å². The first-order valence-corrected chi connectivity index (χ1v) is 12.8. The van der Waals surface area contributed by atoms with Crippen LogP contribution >= 0.6 is 11.3 Å². The maximum absolute atomic E-state index is 10.0. The summed E-state index contributed by atoms with van der Waals surface area (Å²) in [6, 6.07) is 28.4. The molecule has 0 saturated heterocycles. The zero-order chi connectivity index (χ0) is 26.1. The van der Waals surface area contributed by atoms with Crippen molar-refractivity contribution in [2.45, 2.75) is 27.7 Å². The Morgan fingerprint density at radius 2 is 1.71 bits per heavy atom. The van der Waals surface area contributed by atoms with Gasteiger partial charge in [-0.25, -0.2) is 0 Å². The van der Waals surface area contributed by atoms with E-state index in [-0.39, 0.29) is 31.6 Å². The van der Waals surface area contributed by atoms with Gasteiger partial charge in [0.1, 0.15) is 10.4 Å². The quantitative estimate of drug-likeness (QED) is 0.114. The van der Waals surface area contributed by atoms with Crippen LogP contribution in [0, 0.1) is 19.9 Å². The molecule has 3 heterocycles. The van der Waals surface area contributed by atoms with Crippen molar-refractivity contribution in [3.05, 3.63) is 102 Å². The van der Waals surface area contributed by atoms with Crippen molar-refractivity contribution >= 4 is 49.3 Å². The molecule has 3 aromatic carbocycles. The number of allylic oxidation sites excluding steroid dienone is 2. The fourth-order valence-electron chi connectivity index (χ4n) is 4.56. The van der Waals surface area contributed by atoms with Gasteiger partial charge in [-0.15, -0.1) is 29.5 Å². The molecule has 0 atom stereocenters. The first-order chi connectivity index (χ1) is 17.8. The summed E-state index contributed by atoms with van der Waals surface area (Å²) in [4.78, 5) is 17.3. The first kappa shape index (κ1) is 27.5. The molecule has 0 aliphatic heterocycles. The van der Waals surface area contributed by atoms with Crippen molar-refractivity contribution in [2.75, 3.05) is 0 Å². The molecule has 0 fully saturated rings. The Bertz CT molecular complexity index is 1790. The number of carbonyl (C=O) groups is 1. The Labute approximate surface area is 239 Å². The molecule has 0 amide bonds. The van der Waals surface area contributed by atoms with E-state index in [0.717, 1.165) is 43.4 Å². The molecule has 38 heavy (non-hydrogen) atoms. The number of aromatic nitrogens is 1. The predicted octanol–water partition coefficient (Wildman–Crippen LogP) is 8.98. The number of aliphatic hydroxyl groups excluding tert-OH is 1. The third-order valence-corrected chi connectivity index (χ3v) is 7.18. The third kappa shape index (κ3) is 5.48. The van der Waals surface area contributed by atoms with E-state index in [4.69, 9.17) is 14.5 Å². The van der Waals surface area contributed by atoms with Crippen LogP contribution in [0.15, 0.2) is 89.0 Å². The fraction of sp³-hybridized carbons (Fsp3) is 0.125. The van der Waals surface area contributed by atoms with E-state index in [9.17, 15) is 4.79 Å². The number of nitrogens with zero attached hydrogens (tertiary/aromatic N) is 1. The van der Waals surface area contributed by atoms with E-state index in [2.05, 4.69) is 68.4 Å². The predicted molar refractivity (Wildman–Crippen MR) is 153 cm³/mol. The maximum atomic E-state index is 10.0. The second-order valence-electron chi connectivity index (χ2n) is 9.06. The number of rotatable bonds is 3. The van der Waals surface area contributed by atoms with E-state index in [1.807, 2.05) is 24.3 Å². The van der Waals surface area contributed by atoms with Crippen LogP contribution in [-0.2, 0) is 24.9 Å². The SMILES string of the molecule is CC(=O)/C=C(/C)O.Cc1cccc(C)c1-c1cc2ccc(-c3[c-]ccc4c3oc3ccccc34)nc2s1.[Ir]. The summed E-state index contributed by atoms with van der Waals surface area (Å²) in [7, 11) is 0. The maximum Gasteiger partial charge on any atom is 0.155 e. The molecule has 0 spiro atoms. The van der Waals surface area contributed by atoms with Crippen molar-refractivity contribution in [1.82, 2.24) is 4.98 Å². The van der Waals surface area contributed by atoms with Crippen molar-refractivity contribution < 1.29 is 34.4 Å². The summed E-state index contributed by atoms with van der Waals surface area (Å²) in [5.74, 6) is -0.0625. The van der Waals surface area contributed by atoms with Crippen molar-refractivity contribution in [2.24, 2.45) is 0 Å². The molecular formula is C32H26IrNO3S-. The second kappa shape index (κ2) is 11.4. The second-order valence-corrected chi connectivity index (χ2v) is 10.1. The van der Waals surface area contributed by atoms with E-state index >= 15 is 0 Å². The first-order valence-electron chi connectivity index (χ1n) is 12.0. The van der Waals surface area contributed by atoms with Crippen LogP contribution < -0.4 is 0 Å². The average Bonchev–Trinajstić information content (AvgIpc) is 3.44. The molecule has 0 saturated carbocycles. The molecule has 6 rings (SSSR count). The number of aliphatic hydroxyl groups is 1. The van der Waals surface area contributed by atoms with Crippen LogP contribution in [0.1, 0.15) is 25.0 Å². The van der Waals surface area contributed by atoms with Crippen molar-refractivity contribution in [1.29, 1.82) is 0 Å². The summed E-state index contributed by atoms with van der Waals surface area (Å²) in [6.45, 7) is 7.19. The van der Waals surface area contributed by atoms with Crippen LogP contribution in [0.3, 0.4) is 0 Å². The minimum Gasteiger partial charge on any atom is -0.512 e. The summed E-state index contributed by atoms with van der Waals surface area (Å²) in [5, 5.41) is 11.8. The van der Waals surface area contributed by atoms with Gasteiger partial charge in [0.2, 0.25) is 0 Å². The van der Waals surface area contributed by atoms with Gasteiger partial charge in [-0.1, -0.05) is 59.5 Å². The van der Waals surface area contributed by atoms with E-state index < -0.39 is 0 Å². The number of hydrogen-bond acceptors (Lipinski definition) is 5. The third-order valence-electron chi connectivity index (χ3n) is 6.12. The van der Waals surface area contributed by atoms with Crippen LogP contribution in [0.25, 0.3) is 53.9 Å². The summed E-state index contributed by atoms with van der Waals surface area (Å²) < 4.78 is 6.19. The Kier molecular flexibility index (Phi) is 8.27. The Balaban J connectivity index is 0.000000375. The zero-order valence-electron chi connectivity index (χ0n) is 21.5. The topological polar surface area (TPSA) is 63.3 Å². The van der Waals surface area contributed by atoms with Crippen LogP contribution in [0.2, 0.25) is 0 Å².